The number of anilines is 1. The Balaban J connectivity index is 2.18. The summed E-state index contributed by atoms with van der Waals surface area (Å²) in [7, 11) is 1.53. The van der Waals surface area contributed by atoms with Crippen LogP contribution in [0.25, 0.3) is 6.08 Å². The maximum Gasteiger partial charge on any atom is 0.253 e. The van der Waals surface area contributed by atoms with Crippen molar-refractivity contribution >= 4 is 46.8 Å². The Morgan fingerprint density at radius 1 is 1.00 bits per heavy atom. The van der Waals surface area contributed by atoms with Gasteiger partial charge in [-0.2, -0.15) is 0 Å². The Morgan fingerprint density at radius 2 is 1.65 bits per heavy atom. The molecule has 2 aromatic carbocycles. The van der Waals surface area contributed by atoms with Crippen molar-refractivity contribution in [3.05, 3.63) is 69.7 Å². The zero-order chi connectivity index (χ0) is 16.8. The van der Waals surface area contributed by atoms with E-state index in [9.17, 15) is 9.59 Å². The zero-order valence-electron chi connectivity index (χ0n) is 12.3. The maximum atomic E-state index is 12.1. The van der Waals surface area contributed by atoms with Crippen LogP contribution < -0.4 is 10.6 Å². The standard InChI is InChI=1S/C17H14Cl2N2O2/c1-20-17(23)12-5-2-3-8-15(12)21-16(22)10-9-11-13(18)6-4-7-14(11)19/h2-10H,1H3,(H,20,23)(H,21,22)/b10-9+. The predicted molar refractivity (Wildman–Crippen MR) is 94.0 cm³/mol. The second-order valence-corrected chi connectivity index (χ2v) is 5.40. The molecule has 0 fully saturated rings. The summed E-state index contributed by atoms with van der Waals surface area (Å²) in [5.74, 6) is -0.670. The predicted octanol–water partition coefficient (Wildman–Crippen LogP) is 4.00. The number of nitrogens with one attached hydrogen (secondary N) is 2. The fourth-order valence-electron chi connectivity index (χ4n) is 1.93. The molecule has 2 amide bonds. The molecule has 0 atom stereocenters. The van der Waals surface area contributed by atoms with Gasteiger partial charge in [0.25, 0.3) is 5.91 Å². The molecule has 2 N–H and O–H groups in total. The average molecular weight is 349 g/mol. The van der Waals surface area contributed by atoms with Gasteiger partial charge in [-0.1, -0.05) is 41.4 Å². The summed E-state index contributed by atoms with van der Waals surface area (Å²) in [5, 5.41) is 6.09. The summed E-state index contributed by atoms with van der Waals surface area (Å²) >= 11 is 12.1. The van der Waals surface area contributed by atoms with Gasteiger partial charge in [-0.3, -0.25) is 9.59 Å². The number of para-hydroxylation sites is 1. The molecule has 0 saturated carbocycles. The number of carbonyl (C=O) groups excluding carboxylic acids is 2. The van der Waals surface area contributed by atoms with Gasteiger partial charge in [0.1, 0.15) is 0 Å². The molecule has 2 rings (SSSR count). The van der Waals surface area contributed by atoms with E-state index < -0.39 is 5.91 Å². The van der Waals surface area contributed by atoms with Gasteiger partial charge in [0.05, 0.1) is 11.3 Å². The third-order valence-electron chi connectivity index (χ3n) is 3.06. The number of hydrogen-bond acceptors (Lipinski definition) is 2. The van der Waals surface area contributed by atoms with Crippen LogP contribution in [0.3, 0.4) is 0 Å². The highest BCUT2D eigenvalue weighted by Gasteiger charge is 2.10. The van der Waals surface area contributed by atoms with Gasteiger partial charge in [-0.05, 0) is 30.3 Å². The van der Waals surface area contributed by atoms with Gasteiger partial charge < -0.3 is 10.6 Å². The molecular formula is C17H14Cl2N2O2. The van der Waals surface area contributed by atoms with Gasteiger partial charge in [-0.25, -0.2) is 0 Å². The lowest BCUT2D eigenvalue weighted by atomic mass is 10.1. The van der Waals surface area contributed by atoms with Crippen LogP contribution in [0, 0.1) is 0 Å². The molecule has 0 radical (unpaired) electrons. The van der Waals surface area contributed by atoms with Crippen molar-refractivity contribution in [3.63, 3.8) is 0 Å². The lowest BCUT2D eigenvalue weighted by Crippen LogP contribution is -2.20. The molecule has 0 spiro atoms. The average Bonchev–Trinajstić information content (AvgIpc) is 2.54. The Kier molecular flexibility index (Phi) is 5.79. The van der Waals surface area contributed by atoms with Gasteiger partial charge in [0, 0.05) is 28.7 Å². The lowest BCUT2D eigenvalue weighted by Gasteiger charge is -2.08. The number of hydrogen-bond donors (Lipinski definition) is 2. The van der Waals surface area contributed by atoms with E-state index in [1.807, 2.05) is 0 Å². The highest BCUT2D eigenvalue weighted by molar-refractivity contribution is 6.37. The summed E-state index contributed by atoms with van der Waals surface area (Å²) < 4.78 is 0. The van der Waals surface area contributed by atoms with E-state index in [-0.39, 0.29) is 5.91 Å². The molecule has 0 aromatic heterocycles. The number of rotatable bonds is 4. The topological polar surface area (TPSA) is 58.2 Å². The van der Waals surface area contributed by atoms with E-state index in [0.717, 1.165) is 0 Å². The van der Waals surface area contributed by atoms with Crippen LogP contribution in [-0.4, -0.2) is 18.9 Å². The first-order chi connectivity index (χ1) is 11.0. The van der Waals surface area contributed by atoms with Crippen molar-refractivity contribution in [1.82, 2.24) is 5.32 Å². The first-order valence-electron chi connectivity index (χ1n) is 6.77. The smallest absolute Gasteiger partial charge is 0.253 e. The third-order valence-corrected chi connectivity index (χ3v) is 3.72. The Bertz CT molecular complexity index is 753. The van der Waals surface area contributed by atoms with Crippen LogP contribution >= 0.6 is 23.2 Å². The van der Waals surface area contributed by atoms with Gasteiger partial charge in [0.2, 0.25) is 5.91 Å². The number of amides is 2. The van der Waals surface area contributed by atoms with E-state index in [4.69, 9.17) is 23.2 Å². The Hall–Kier alpha value is -2.30. The zero-order valence-corrected chi connectivity index (χ0v) is 13.8. The second kappa shape index (κ2) is 7.81. The van der Waals surface area contributed by atoms with Gasteiger partial charge in [-0.15, -0.1) is 0 Å². The fourth-order valence-corrected chi connectivity index (χ4v) is 2.45. The molecule has 0 saturated heterocycles. The minimum Gasteiger partial charge on any atom is -0.355 e. The van der Waals surface area contributed by atoms with Crippen molar-refractivity contribution in [3.8, 4) is 0 Å². The molecule has 0 unspecified atom stereocenters. The van der Waals surface area contributed by atoms with Crippen LogP contribution in [0.2, 0.25) is 10.0 Å². The molecule has 0 bridgehead atoms. The second-order valence-electron chi connectivity index (χ2n) is 4.58. The highest BCUT2D eigenvalue weighted by atomic mass is 35.5. The first-order valence-corrected chi connectivity index (χ1v) is 7.52. The Labute approximate surface area is 144 Å². The van der Waals surface area contributed by atoms with Crippen molar-refractivity contribution in [2.24, 2.45) is 0 Å². The fraction of sp³-hybridized carbons (Fsp3) is 0.0588. The minimum atomic E-state index is -0.391. The van der Waals surface area contributed by atoms with Crippen molar-refractivity contribution in [1.29, 1.82) is 0 Å². The molecular weight excluding hydrogens is 335 g/mol. The molecule has 0 heterocycles. The van der Waals surface area contributed by atoms with Gasteiger partial charge in [0.15, 0.2) is 0 Å². The SMILES string of the molecule is CNC(=O)c1ccccc1NC(=O)/C=C/c1c(Cl)cccc1Cl. The number of halogens is 2. The quantitative estimate of drug-likeness (QED) is 0.820. The van der Waals surface area contributed by atoms with E-state index in [1.165, 1.54) is 19.2 Å². The summed E-state index contributed by atoms with van der Waals surface area (Å²) in [4.78, 5) is 23.8. The molecule has 118 valence electrons. The normalized spacial score (nSPS) is 10.6. The summed E-state index contributed by atoms with van der Waals surface area (Å²) in [6, 6.07) is 11.8. The lowest BCUT2D eigenvalue weighted by molar-refractivity contribution is -0.111. The third kappa shape index (κ3) is 4.34. The molecule has 0 aliphatic rings. The molecule has 0 aliphatic heterocycles. The largest absolute Gasteiger partial charge is 0.355 e. The molecule has 23 heavy (non-hydrogen) atoms. The van der Waals surface area contributed by atoms with Crippen LogP contribution in [0.15, 0.2) is 48.5 Å². The minimum absolute atomic E-state index is 0.279. The maximum absolute atomic E-state index is 12.1. The van der Waals surface area contributed by atoms with Crippen LogP contribution in [0.5, 0.6) is 0 Å². The summed E-state index contributed by atoms with van der Waals surface area (Å²) in [6.45, 7) is 0. The van der Waals surface area contributed by atoms with Crippen LogP contribution in [0.4, 0.5) is 5.69 Å². The highest BCUT2D eigenvalue weighted by Crippen LogP contribution is 2.25. The first kappa shape index (κ1) is 17.1. The molecule has 4 nitrogen and oxygen atoms in total. The van der Waals surface area contributed by atoms with E-state index in [1.54, 1.807) is 42.5 Å². The van der Waals surface area contributed by atoms with Crippen molar-refractivity contribution in [2.45, 2.75) is 0 Å². The van der Waals surface area contributed by atoms with Gasteiger partial charge >= 0.3 is 0 Å². The van der Waals surface area contributed by atoms with E-state index >= 15 is 0 Å². The number of benzene rings is 2. The van der Waals surface area contributed by atoms with E-state index in [0.29, 0.717) is 26.9 Å². The molecule has 2 aromatic rings. The molecule has 6 heteroatoms. The molecule has 0 aliphatic carbocycles. The van der Waals surface area contributed by atoms with Crippen LogP contribution in [-0.2, 0) is 4.79 Å². The van der Waals surface area contributed by atoms with Crippen molar-refractivity contribution < 1.29 is 9.59 Å². The Morgan fingerprint density at radius 3 is 2.30 bits per heavy atom. The van der Waals surface area contributed by atoms with Crippen LogP contribution in [0.1, 0.15) is 15.9 Å². The monoisotopic (exact) mass is 348 g/mol. The van der Waals surface area contributed by atoms with Crippen molar-refractivity contribution in [2.75, 3.05) is 12.4 Å². The van der Waals surface area contributed by atoms with E-state index in [2.05, 4.69) is 10.6 Å². The number of carbonyl (C=O) groups is 2. The summed E-state index contributed by atoms with van der Waals surface area (Å²) in [6.07, 6.45) is 2.84. The summed E-state index contributed by atoms with van der Waals surface area (Å²) in [5.41, 5.74) is 1.37.